The summed E-state index contributed by atoms with van der Waals surface area (Å²) in [6, 6.07) is 11.8. The molecule has 0 saturated carbocycles. The summed E-state index contributed by atoms with van der Waals surface area (Å²) in [5.41, 5.74) is 3.41. The fraction of sp³-hybridized carbons (Fsp3) is 0.444. The molecule has 3 rings (SSSR count). The lowest BCUT2D eigenvalue weighted by Gasteiger charge is -2.20. The molecular formula is C27H35N3O5S. The maximum absolute atomic E-state index is 12.5. The van der Waals surface area contributed by atoms with Gasteiger partial charge in [0.15, 0.2) is 0 Å². The Morgan fingerprint density at radius 1 is 0.806 bits per heavy atom. The molecule has 194 valence electrons. The topological polar surface area (TPSA) is 113 Å². The molecule has 4 amide bonds. The molecule has 9 heteroatoms. The Hall–Kier alpha value is -3.20. The number of nitrogens with zero attached hydrogens (tertiary/aromatic N) is 1. The number of benzene rings is 2. The van der Waals surface area contributed by atoms with Crippen LogP contribution < -0.4 is 10.0 Å². The molecule has 0 radical (unpaired) electrons. The standard InChI is InChI=1S/C27H35N3O5S/c1-18(2)20-14-11-15-21(19(3)4)24(20)28-27(33)29-36(34,35)17-10-6-5-9-16-30-25(31)22-12-7-8-13-23(22)26(30)32/h7-8,11-15,18-19H,5-6,9-10,16-17H2,1-4H3,(H2,28,29,33). The summed E-state index contributed by atoms with van der Waals surface area (Å²) in [5, 5.41) is 2.76. The molecule has 0 aromatic heterocycles. The summed E-state index contributed by atoms with van der Waals surface area (Å²) >= 11 is 0. The van der Waals surface area contributed by atoms with Crippen molar-refractivity contribution in [2.75, 3.05) is 17.6 Å². The molecule has 0 spiro atoms. The number of unbranched alkanes of at least 4 members (excludes halogenated alkanes) is 3. The third-order valence-corrected chi connectivity index (χ3v) is 7.61. The summed E-state index contributed by atoms with van der Waals surface area (Å²) < 4.78 is 27.0. The molecule has 0 saturated heterocycles. The molecule has 2 N–H and O–H groups in total. The van der Waals surface area contributed by atoms with Crippen LogP contribution in [0.1, 0.15) is 97.1 Å². The van der Waals surface area contributed by atoms with Crippen LogP contribution in [0, 0.1) is 0 Å². The summed E-state index contributed by atoms with van der Waals surface area (Å²) in [6.07, 6.45) is 2.21. The van der Waals surface area contributed by atoms with Gasteiger partial charge in [-0.05, 0) is 47.9 Å². The van der Waals surface area contributed by atoms with E-state index in [4.69, 9.17) is 0 Å². The van der Waals surface area contributed by atoms with Gasteiger partial charge >= 0.3 is 6.03 Å². The van der Waals surface area contributed by atoms with Crippen molar-refractivity contribution in [1.82, 2.24) is 9.62 Å². The molecule has 1 aliphatic rings. The molecule has 36 heavy (non-hydrogen) atoms. The lowest BCUT2D eigenvalue weighted by atomic mass is 9.93. The Kier molecular flexibility index (Phi) is 8.89. The predicted molar refractivity (Wildman–Crippen MR) is 141 cm³/mol. The average molecular weight is 514 g/mol. The molecular weight excluding hydrogens is 478 g/mol. The first-order valence-corrected chi connectivity index (χ1v) is 14.1. The van der Waals surface area contributed by atoms with Gasteiger partial charge in [0, 0.05) is 12.2 Å². The number of amides is 4. The fourth-order valence-corrected chi connectivity index (χ4v) is 5.40. The van der Waals surface area contributed by atoms with Crippen LogP contribution in [0.4, 0.5) is 10.5 Å². The molecule has 0 atom stereocenters. The minimum atomic E-state index is -3.80. The zero-order valence-corrected chi connectivity index (χ0v) is 22.2. The minimum absolute atomic E-state index is 0.163. The van der Waals surface area contributed by atoms with Gasteiger partial charge in [0.2, 0.25) is 10.0 Å². The Labute approximate surface area is 213 Å². The molecule has 0 unspecified atom stereocenters. The average Bonchev–Trinajstić information content (AvgIpc) is 3.05. The first-order chi connectivity index (χ1) is 17.0. The molecule has 1 aliphatic heterocycles. The summed E-state index contributed by atoms with van der Waals surface area (Å²) in [4.78, 5) is 38.6. The number of carbonyl (C=O) groups excluding carboxylic acids is 3. The molecule has 2 aromatic carbocycles. The van der Waals surface area contributed by atoms with E-state index in [0.717, 1.165) is 11.1 Å². The quantitative estimate of drug-likeness (QED) is 0.315. The number of anilines is 1. The predicted octanol–water partition coefficient (Wildman–Crippen LogP) is 5.24. The monoisotopic (exact) mass is 513 g/mol. The van der Waals surface area contributed by atoms with Gasteiger partial charge in [0.25, 0.3) is 11.8 Å². The van der Waals surface area contributed by atoms with Gasteiger partial charge in [-0.3, -0.25) is 14.5 Å². The number of nitrogens with one attached hydrogen (secondary N) is 2. The number of rotatable bonds is 11. The number of hydrogen-bond acceptors (Lipinski definition) is 5. The first-order valence-electron chi connectivity index (χ1n) is 12.4. The van der Waals surface area contributed by atoms with Crippen LogP contribution in [0.3, 0.4) is 0 Å². The second kappa shape index (κ2) is 11.7. The SMILES string of the molecule is CC(C)c1cccc(C(C)C)c1NC(=O)NS(=O)(=O)CCCCCCN1C(=O)c2ccccc2C1=O. The maximum Gasteiger partial charge on any atom is 0.332 e. The summed E-state index contributed by atoms with van der Waals surface area (Å²) in [5.74, 6) is -0.427. The first kappa shape index (κ1) is 27.4. The largest absolute Gasteiger partial charge is 0.332 e. The fourth-order valence-electron chi connectivity index (χ4n) is 4.38. The molecule has 0 aliphatic carbocycles. The van der Waals surface area contributed by atoms with E-state index in [-0.39, 0.29) is 29.4 Å². The van der Waals surface area contributed by atoms with Crippen molar-refractivity contribution in [3.63, 3.8) is 0 Å². The molecule has 1 heterocycles. The molecule has 8 nitrogen and oxygen atoms in total. The van der Waals surface area contributed by atoms with E-state index < -0.39 is 16.1 Å². The van der Waals surface area contributed by atoms with Crippen LogP contribution in [0.2, 0.25) is 0 Å². The zero-order valence-electron chi connectivity index (χ0n) is 21.3. The van der Waals surface area contributed by atoms with E-state index in [0.29, 0.717) is 49.0 Å². The van der Waals surface area contributed by atoms with Crippen molar-refractivity contribution >= 4 is 33.6 Å². The Morgan fingerprint density at radius 2 is 1.33 bits per heavy atom. The highest BCUT2D eigenvalue weighted by molar-refractivity contribution is 7.90. The van der Waals surface area contributed by atoms with Crippen molar-refractivity contribution in [1.29, 1.82) is 0 Å². The highest BCUT2D eigenvalue weighted by atomic mass is 32.2. The van der Waals surface area contributed by atoms with Gasteiger partial charge in [-0.15, -0.1) is 0 Å². The van der Waals surface area contributed by atoms with Crippen LogP contribution in [0.5, 0.6) is 0 Å². The van der Waals surface area contributed by atoms with Crippen LogP contribution in [0.15, 0.2) is 42.5 Å². The second-order valence-electron chi connectivity index (χ2n) is 9.72. The molecule has 0 bridgehead atoms. The van der Waals surface area contributed by atoms with Crippen LogP contribution >= 0.6 is 0 Å². The Balaban J connectivity index is 1.44. The van der Waals surface area contributed by atoms with Gasteiger partial charge in [0.1, 0.15) is 0 Å². The van der Waals surface area contributed by atoms with Crippen LogP contribution in [-0.4, -0.2) is 43.5 Å². The van der Waals surface area contributed by atoms with Gasteiger partial charge in [-0.25, -0.2) is 17.9 Å². The number of fused-ring (bicyclic) bond motifs is 1. The third-order valence-electron chi connectivity index (χ3n) is 6.28. The van der Waals surface area contributed by atoms with Crippen molar-refractivity contribution in [3.05, 3.63) is 64.7 Å². The number of para-hydroxylation sites is 1. The molecule has 0 fully saturated rings. The number of carbonyl (C=O) groups is 3. The van der Waals surface area contributed by atoms with Crippen molar-refractivity contribution < 1.29 is 22.8 Å². The number of hydrogen-bond donors (Lipinski definition) is 2. The Morgan fingerprint density at radius 3 is 1.86 bits per heavy atom. The van der Waals surface area contributed by atoms with Gasteiger partial charge in [-0.1, -0.05) is 70.9 Å². The smallest absolute Gasteiger partial charge is 0.307 e. The number of imide groups is 1. The van der Waals surface area contributed by atoms with Crippen molar-refractivity contribution in [2.45, 2.75) is 65.2 Å². The van der Waals surface area contributed by atoms with Crippen LogP contribution in [0.25, 0.3) is 0 Å². The van der Waals surface area contributed by atoms with E-state index in [1.54, 1.807) is 24.3 Å². The lowest BCUT2D eigenvalue weighted by Crippen LogP contribution is -2.36. The van der Waals surface area contributed by atoms with E-state index in [2.05, 4.69) is 10.0 Å². The zero-order chi connectivity index (χ0) is 26.5. The van der Waals surface area contributed by atoms with Crippen LogP contribution in [-0.2, 0) is 10.0 Å². The maximum atomic E-state index is 12.5. The number of urea groups is 1. The van der Waals surface area contributed by atoms with E-state index in [9.17, 15) is 22.8 Å². The van der Waals surface area contributed by atoms with Crippen molar-refractivity contribution in [2.24, 2.45) is 0 Å². The highest BCUT2D eigenvalue weighted by Gasteiger charge is 2.34. The lowest BCUT2D eigenvalue weighted by molar-refractivity contribution is 0.0651. The summed E-state index contributed by atoms with van der Waals surface area (Å²) in [7, 11) is -3.80. The van der Waals surface area contributed by atoms with E-state index in [1.807, 2.05) is 45.9 Å². The van der Waals surface area contributed by atoms with E-state index >= 15 is 0 Å². The normalized spacial score (nSPS) is 13.4. The third kappa shape index (κ3) is 6.51. The minimum Gasteiger partial charge on any atom is -0.307 e. The highest BCUT2D eigenvalue weighted by Crippen LogP contribution is 2.32. The van der Waals surface area contributed by atoms with Gasteiger partial charge in [0.05, 0.1) is 16.9 Å². The van der Waals surface area contributed by atoms with Gasteiger partial charge < -0.3 is 5.32 Å². The summed E-state index contributed by atoms with van der Waals surface area (Å²) in [6.45, 7) is 8.38. The van der Waals surface area contributed by atoms with E-state index in [1.165, 1.54) is 4.90 Å². The second-order valence-corrected chi connectivity index (χ2v) is 11.6. The van der Waals surface area contributed by atoms with Crippen molar-refractivity contribution in [3.8, 4) is 0 Å². The Bertz CT molecular complexity index is 1180. The number of sulfonamides is 1. The molecule has 2 aromatic rings. The van der Waals surface area contributed by atoms with Gasteiger partial charge in [-0.2, -0.15) is 0 Å².